The highest BCUT2D eigenvalue weighted by atomic mass is 16.5. The molecule has 1 aromatic carbocycles. The second kappa shape index (κ2) is 6.76. The zero-order valence-electron chi connectivity index (χ0n) is 13.9. The Balaban J connectivity index is 1.63. The minimum absolute atomic E-state index is 0.0953. The molecule has 0 saturated carbocycles. The second-order valence-corrected chi connectivity index (χ2v) is 5.77. The van der Waals surface area contributed by atoms with E-state index in [4.69, 9.17) is 4.74 Å². The van der Waals surface area contributed by atoms with Gasteiger partial charge in [0.15, 0.2) is 6.10 Å². The molecular formula is C17H18N4O4. The van der Waals surface area contributed by atoms with Gasteiger partial charge in [-0.05, 0) is 37.1 Å². The number of likely N-dealkylation sites (N-methyl/N-ethyl adjacent to an activating group) is 1. The molecular weight excluding hydrogens is 324 g/mol. The number of carbonyl (C=O) groups is 2. The predicted molar refractivity (Wildman–Crippen MR) is 90.8 cm³/mol. The Hall–Kier alpha value is -3.16. The number of fused-ring (bicyclic) bond motifs is 1. The minimum atomic E-state index is -0.493. The van der Waals surface area contributed by atoms with Crippen LogP contribution >= 0.6 is 0 Å². The smallest absolute Gasteiger partial charge is 0.271 e. The summed E-state index contributed by atoms with van der Waals surface area (Å²) in [5.41, 5.74) is 1.47. The summed E-state index contributed by atoms with van der Waals surface area (Å²) in [4.78, 5) is 36.5. The SMILES string of the molecule is CC1Oc2ccc(CCNC(=O)c3ccc(=O)[nH]n3)cc2N(C)C1=O. The molecule has 1 atom stereocenters. The fourth-order valence-electron chi connectivity index (χ4n) is 2.59. The number of aromatic amines is 1. The van der Waals surface area contributed by atoms with Crippen LogP contribution in [0.3, 0.4) is 0 Å². The minimum Gasteiger partial charge on any atom is -0.479 e. The summed E-state index contributed by atoms with van der Waals surface area (Å²) in [6.07, 6.45) is 0.0902. The lowest BCUT2D eigenvalue weighted by molar-refractivity contribution is -0.125. The summed E-state index contributed by atoms with van der Waals surface area (Å²) >= 11 is 0. The van der Waals surface area contributed by atoms with E-state index in [2.05, 4.69) is 15.5 Å². The van der Waals surface area contributed by atoms with Crippen molar-refractivity contribution in [3.8, 4) is 5.75 Å². The van der Waals surface area contributed by atoms with E-state index in [1.807, 2.05) is 18.2 Å². The maximum absolute atomic E-state index is 12.0. The maximum Gasteiger partial charge on any atom is 0.271 e. The number of aromatic nitrogens is 2. The van der Waals surface area contributed by atoms with Crippen molar-refractivity contribution < 1.29 is 14.3 Å². The fraction of sp³-hybridized carbons (Fsp3) is 0.294. The number of rotatable bonds is 4. The lowest BCUT2D eigenvalue weighted by atomic mass is 10.1. The van der Waals surface area contributed by atoms with Crippen LogP contribution in [0.4, 0.5) is 5.69 Å². The van der Waals surface area contributed by atoms with Gasteiger partial charge in [-0.25, -0.2) is 5.10 Å². The van der Waals surface area contributed by atoms with Gasteiger partial charge in [-0.3, -0.25) is 14.4 Å². The number of hydrogen-bond acceptors (Lipinski definition) is 5. The molecule has 1 aromatic heterocycles. The Kier molecular flexibility index (Phi) is 4.51. The van der Waals surface area contributed by atoms with Gasteiger partial charge in [0.05, 0.1) is 5.69 Å². The van der Waals surface area contributed by atoms with Crippen molar-refractivity contribution in [3.63, 3.8) is 0 Å². The van der Waals surface area contributed by atoms with Crippen LogP contribution in [0.25, 0.3) is 0 Å². The van der Waals surface area contributed by atoms with Crippen LogP contribution in [0.5, 0.6) is 5.75 Å². The standard InChI is InChI=1S/C17H18N4O4/c1-10-17(24)21(2)13-9-11(3-5-14(13)25-10)7-8-18-16(23)12-4-6-15(22)20-19-12/h3-6,9-10H,7-8H2,1-2H3,(H,18,23)(H,20,22). The number of hydrogen-bond donors (Lipinski definition) is 2. The molecule has 2 aromatic rings. The Morgan fingerprint density at radius 2 is 2.12 bits per heavy atom. The van der Waals surface area contributed by atoms with Gasteiger partial charge < -0.3 is 15.0 Å². The molecule has 8 nitrogen and oxygen atoms in total. The first-order valence-corrected chi connectivity index (χ1v) is 7.87. The van der Waals surface area contributed by atoms with Crippen LogP contribution in [0.2, 0.25) is 0 Å². The number of amides is 2. The third-order valence-corrected chi connectivity index (χ3v) is 3.98. The lowest BCUT2D eigenvalue weighted by Gasteiger charge is -2.30. The molecule has 0 spiro atoms. The first-order chi connectivity index (χ1) is 12.0. The van der Waals surface area contributed by atoms with Crippen LogP contribution in [0, 0.1) is 0 Å². The largest absolute Gasteiger partial charge is 0.479 e. The molecule has 1 aliphatic rings. The summed E-state index contributed by atoms with van der Waals surface area (Å²) in [6.45, 7) is 2.11. The van der Waals surface area contributed by atoms with Crippen LogP contribution in [-0.2, 0) is 11.2 Å². The van der Waals surface area contributed by atoms with Crippen LogP contribution in [-0.4, -0.2) is 41.7 Å². The Morgan fingerprint density at radius 3 is 2.84 bits per heavy atom. The van der Waals surface area contributed by atoms with Crippen LogP contribution in [0.15, 0.2) is 35.1 Å². The van der Waals surface area contributed by atoms with E-state index in [9.17, 15) is 14.4 Å². The molecule has 0 aliphatic carbocycles. The third-order valence-electron chi connectivity index (χ3n) is 3.98. The summed E-state index contributed by atoms with van der Waals surface area (Å²) in [6, 6.07) is 8.23. The normalized spacial score (nSPS) is 16.2. The van der Waals surface area contributed by atoms with Crippen LogP contribution < -0.4 is 20.5 Å². The second-order valence-electron chi connectivity index (χ2n) is 5.77. The molecule has 3 rings (SSSR count). The van der Waals surface area contributed by atoms with Crippen molar-refractivity contribution in [1.29, 1.82) is 0 Å². The molecule has 0 saturated heterocycles. The highest BCUT2D eigenvalue weighted by Gasteiger charge is 2.28. The van der Waals surface area contributed by atoms with Crippen molar-refractivity contribution in [1.82, 2.24) is 15.5 Å². The summed E-state index contributed by atoms with van der Waals surface area (Å²) in [5, 5.41) is 8.63. The molecule has 1 unspecified atom stereocenters. The number of H-pyrrole nitrogens is 1. The number of anilines is 1. The van der Waals surface area contributed by atoms with E-state index in [1.165, 1.54) is 12.1 Å². The zero-order chi connectivity index (χ0) is 18.0. The van der Waals surface area contributed by atoms with Crippen molar-refractivity contribution in [2.75, 3.05) is 18.5 Å². The van der Waals surface area contributed by atoms with Gasteiger partial charge in [0, 0.05) is 19.7 Å². The number of benzene rings is 1. The molecule has 0 bridgehead atoms. The highest BCUT2D eigenvalue weighted by Crippen LogP contribution is 2.33. The molecule has 1 aliphatic heterocycles. The van der Waals surface area contributed by atoms with Gasteiger partial charge >= 0.3 is 0 Å². The van der Waals surface area contributed by atoms with Gasteiger partial charge in [-0.2, -0.15) is 5.10 Å². The summed E-state index contributed by atoms with van der Waals surface area (Å²) < 4.78 is 5.58. The number of carbonyl (C=O) groups excluding carboxylic acids is 2. The zero-order valence-corrected chi connectivity index (χ0v) is 13.9. The van der Waals surface area contributed by atoms with Crippen LogP contribution in [0.1, 0.15) is 23.0 Å². The van der Waals surface area contributed by atoms with Crippen molar-refractivity contribution in [3.05, 3.63) is 51.9 Å². The lowest BCUT2D eigenvalue weighted by Crippen LogP contribution is -2.42. The van der Waals surface area contributed by atoms with E-state index >= 15 is 0 Å². The summed E-state index contributed by atoms with van der Waals surface area (Å²) in [7, 11) is 1.72. The third kappa shape index (κ3) is 3.52. The molecule has 0 radical (unpaired) electrons. The van der Waals surface area contributed by atoms with E-state index < -0.39 is 6.10 Å². The number of nitrogens with one attached hydrogen (secondary N) is 2. The Bertz CT molecular complexity index is 857. The van der Waals surface area contributed by atoms with Gasteiger partial charge in [-0.1, -0.05) is 6.07 Å². The Labute approximate surface area is 143 Å². The summed E-state index contributed by atoms with van der Waals surface area (Å²) in [5.74, 6) is 0.209. The van der Waals surface area contributed by atoms with Crippen molar-refractivity contribution in [2.24, 2.45) is 0 Å². The van der Waals surface area contributed by atoms with Crippen molar-refractivity contribution >= 4 is 17.5 Å². The molecule has 2 N–H and O–H groups in total. The molecule has 2 amide bonds. The average Bonchev–Trinajstić information content (AvgIpc) is 2.61. The highest BCUT2D eigenvalue weighted by molar-refractivity contribution is 5.99. The predicted octanol–water partition coefficient (Wildman–Crippen LogP) is 0.486. The van der Waals surface area contributed by atoms with Gasteiger partial charge in [-0.15, -0.1) is 0 Å². The van der Waals surface area contributed by atoms with E-state index in [1.54, 1.807) is 18.9 Å². The van der Waals surface area contributed by atoms with Gasteiger partial charge in [0.2, 0.25) is 0 Å². The topological polar surface area (TPSA) is 104 Å². The molecule has 0 fully saturated rings. The van der Waals surface area contributed by atoms with Crippen molar-refractivity contribution in [2.45, 2.75) is 19.4 Å². The first-order valence-electron chi connectivity index (χ1n) is 7.87. The molecule has 8 heteroatoms. The van der Waals surface area contributed by atoms with E-state index in [0.717, 1.165) is 5.56 Å². The quantitative estimate of drug-likeness (QED) is 0.841. The van der Waals surface area contributed by atoms with E-state index in [-0.39, 0.29) is 23.1 Å². The fourth-order valence-corrected chi connectivity index (χ4v) is 2.59. The molecule has 25 heavy (non-hydrogen) atoms. The number of nitrogens with zero attached hydrogens (tertiary/aromatic N) is 2. The van der Waals surface area contributed by atoms with Gasteiger partial charge in [0.25, 0.3) is 17.4 Å². The molecule has 130 valence electrons. The average molecular weight is 342 g/mol. The monoisotopic (exact) mass is 342 g/mol. The maximum atomic E-state index is 12.0. The Morgan fingerprint density at radius 1 is 1.32 bits per heavy atom. The van der Waals surface area contributed by atoms with Gasteiger partial charge in [0.1, 0.15) is 11.4 Å². The van der Waals surface area contributed by atoms with E-state index in [0.29, 0.717) is 24.4 Å². The number of ether oxygens (including phenoxy) is 1. The first kappa shape index (κ1) is 16.7. The molecule has 2 heterocycles.